The first-order valence-corrected chi connectivity index (χ1v) is 5.73. The van der Waals surface area contributed by atoms with Gasteiger partial charge in [0.15, 0.2) is 0 Å². The van der Waals surface area contributed by atoms with E-state index in [9.17, 15) is 9.59 Å². The SMILES string of the molecule is Cc1c(NC(=O)C2CCC2)cccc1C(=O)O. The van der Waals surface area contributed by atoms with Crippen molar-refractivity contribution in [3.63, 3.8) is 0 Å². The van der Waals surface area contributed by atoms with E-state index in [-0.39, 0.29) is 17.4 Å². The fourth-order valence-corrected chi connectivity index (χ4v) is 1.91. The van der Waals surface area contributed by atoms with Crippen molar-refractivity contribution in [3.05, 3.63) is 29.3 Å². The molecule has 0 spiro atoms. The fraction of sp³-hybridized carbons (Fsp3) is 0.385. The zero-order valence-corrected chi connectivity index (χ0v) is 9.69. The van der Waals surface area contributed by atoms with Crippen LogP contribution in [0.3, 0.4) is 0 Å². The van der Waals surface area contributed by atoms with Crippen LogP contribution in [0.2, 0.25) is 0 Å². The highest BCUT2D eigenvalue weighted by Gasteiger charge is 2.25. The summed E-state index contributed by atoms with van der Waals surface area (Å²) >= 11 is 0. The first kappa shape index (κ1) is 11.6. The van der Waals surface area contributed by atoms with Crippen molar-refractivity contribution in [2.45, 2.75) is 26.2 Å². The van der Waals surface area contributed by atoms with E-state index in [1.54, 1.807) is 19.1 Å². The van der Waals surface area contributed by atoms with Gasteiger partial charge in [0.25, 0.3) is 0 Å². The van der Waals surface area contributed by atoms with Crippen LogP contribution in [0, 0.1) is 12.8 Å². The van der Waals surface area contributed by atoms with Gasteiger partial charge >= 0.3 is 5.97 Å². The number of carboxylic acid groups (broad SMARTS) is 1. The van der Waals surface area contributed by atoms with Gasteiger partial charge in [-0.2, -0.15) is 0 Å². The van der Waals surface area contributed by atoms with Gasteiger partial charge in [0.2, 0.25) is 5.91 Å². The van der Waals surface area contributed by atoms with Crippen molar-refractivity contribution in [2.24, 2.45) is 5.92 Å². The lowest BCUT2D eigenvalue weighted by Crippen LogP contribution is -2.28. The van der Waals surface area contributed by atoms with Crippen molar-refractivity contribution >= 4 is 17.6 Å². The lowest BCUT2D eigenvalue weighted by molar-refractivity contribution is -0.122. The molecule has 1 aromatic rings. The Balaban J connectivity index is 2.18. The monoisotopic (exact) mass is 233 g/mol. The van der Waals surface area contributed by atoms with Crippen LogP contribution in [0.5, 0.6) is 0 Å². The Kier molecular flexibility index (Phi) is 3.13. The minimum atomic E-state index is -0.970. The zero-order chi connectivity index (χ0) is 12.4. The number of carbonyl (C=O) groups excluding carboxylic acids is 1. The number of rotatable bonds is 3. The maximum Gasteiger partial charge on any atom is 0.336 e. The average Bonchev–Trinajstić information content (AvgIpc) is 2.18. The molecule has 1 aliphatic rings. The molecule has 1 aromatic carbocycles. The lowest BCUT2D eigenvalue weighted by atomic mass is 9.84. The predicted molar refractivity (Wildman–Crippen MR) is 64.1 cm³/mol. The van der Waals surface area contributed by atoms with Gasteiger partial charge in [-0.3, -0.25) is 4.79 Å². The molecular formula is C13H15NO3. The van der Waals surface area contributed by atoms with Gasteiger partial charge in [0, 0.05) is 11.6 Å². The highest BCUT2D eigenvalue weighted by Crippen LogP contribution is 2.28. The van der Waals surface area contributed by atoms with Gasteiger partial charge in [0.1, 0.15) is 0 Å². The van der Waals surface area contributed by atoms with E-state index in [1.807, 2.05) is 0 Å². The van der Waals surface area contributed by atoms with Crippen LogP contribution in [-0.4, -0.2) is 17.0 Å². The normalized spacial score (nSPS) is 15.1. The first-order chi connectivity index (χ1) is 8.09. The largest absolute Gasteiger partial charge is 0.478 e. The van der Waals surface area contributed by atoms with Gasteiger partial charge in [-0.05, 0) is 37.5 Å². The molecule has 1 saturated carbocycles. The number of anilines is 1. The Labute approximate surface area is 99.6 Å². The third-order valence-electron chi connectivity index (χ3n) is 3.30. The molecule has 4 nitrogen and oxygen atoms in total. The summed E-state index contributed by atoms with van der Waals surface area (Å²) in [4.78, 5) is 22.7. The third kappa shape index (κ3) is 2.30. The summed E-state index contributed by atoms with van der Waals surface area (Å²) in [5, 5.41) is 11.8. The van der Waals surface area contributed by atoms with E-state index >= 15 is 0 Å². The average molecular weight is 233 g/mol. The fourth-order valence-electron chi connectivity index (χ4n) is 1.91. The lowest BCUT2D eigenvalue weighted by Gasteiger charge is -2.24. The second kappa shape index (κ2) is 4.57. The van der Waals surface area contributed by atoms with Gasteiger partial charge in [-0.1, -0.05) is 12.5 Å². The molecule has 2 N–H and O–H groups in total. The van der Waals surface area contributed by atoms with Gasteiger partial charge in [-0.25, -0.2) is 4.79 Å². The summed E-state index contributed by atoms with van der Waals surface area (Å²) in [6, 6.07) is 4.92. The Bertz CT molecular complexity index is 464. The molecule has 1 amide bonds. The Morgan fingerprint density at radius 3 is 2.59 bits per heavy atom. The number of carboxylic acids is 1. The molecule has 0 unspecified atom stereocenters. The topological polar surface area (TPSA) is 66.4 Å². The smallest absolute Gasteiger partial charge is 0.336 e. The molecule has 90 valence electrons. The van der Waals surface area contributed by atoms with Crippen molar-refractivity contribution in [1.29, 1.82) is 0 Å². The van der Waals surface area contributed by atoms with Crippen LogP contribution < -0.4 is 5.32 Å². The molecule has 1 aliphatic carbocycles. The van der Waals surface area contributed by atoms with Crippen LogP contribution in [0.25, 0.3) is 0 Å². The molecule has 0 aliphatic heterocycles. The Morgan fingerprint density at radius 2 is 2.06 bits per heavy atom. The van der Waals surface area contributed by atoms with Crippen LogP contribution in [0.4, 0.5) is 5.69 Å². The molecule has 0 heterocycles. The van der Waals surface area contributed by atoms with E-state index in [0.717, 1.165) is 19.3 Å². The van der Waals surface area contributed by atoms with E-state index in [4.69, 9.17) is 5.11 Å². The molecule has 2 rings (SSSR count). The molecule has 4 heteroatoms. The second-order valence-electron chi connectivity index (χ2n) is 4.40. The molecule has 1 fully saturated rings. The van der Waals surface area contributed by atoms with Crippen LogP contribution in [0.1, 0.15) is 35.2 Å². The summed E-state index contributed by atoms with van der Waals surface area (Å²) in [5.41, 5.74) is 1.44. The highest BCUT2D eigenvalue weighted by atomic mass is 16.4. The molecule has 0 aromatic heterocycles. The van der Waals surface area contributed by atoms with E-state index in [2.05, 4.69) is 5.32 Å². The number of hydrogen-bond donors (Lipinski definition) is 2. The minimum absolute atomic E-state index is 0.00175. The summed E-state index contributed by atoms with van der Waals surface area (Å²) in [6.07, 6.45) is 2.97. The van der Waals surface area contributed by atoms with E-state index in [0.29, 0.717) is 11.3 Å². The second-order valence-corrected chi connectivity index (χ2v) is 4.40. The number of aromatic carboxylic acids is 1. The van der Waals surface area contributed by atoms with Crippen molar-refractivity contribution < 1.29 is 14.7 Å². The minimum Gasteiger partial charge on any atom is -0.478 e. The van der Waals surface area contributed by atoms with E-state index < -0.39 is 5.97 Å². The number of benzene rings is 1. The number of hydrogen-bond acceptors (Lipinski definition) is 2. The van der Waals surface area contributed by atoms with Crippen LogP contribution in [0.15, 0.2) is 18.2 Å². The third-order valence-corrected chi connectivity index (χ3v) is 3.30. The summed E-state index contributed by atoms with van der Waals surface area (Å²) in [5.74, 6) is -0.869. The number of carbonyl (C=O) groups is 2. The molecular weight excluding hydrogens is 218 g/mol. The first-order valence-electron chi connectivity index (χ1n) is 5.73. The molecule has 0 atom stereocenters. The number of nitrogens with one attached hydrogen (secondary N) is 1. The number of amides is 1. The van der Waals surface area contributed by atoms with Crippen molar-refractivity contribution in [1.82, 2.24) is 0 Å². The van der Waals surface area contributed by atoms with Gasteiger partial charge in [0.05, 0.1) is 5.56 Å². The molecule has 17 heavy (non-hydrogen) atoms. The zero-order valence-electron chi connectivity index (χ0n) is 9.69. The van der Waals surface area contributed by atoms with Gasteiger partial charge in [-0.15, -0.1) is 0 Å². The Hall–Kier alpha value is -1.84. The van der Waals surface area contributed by atoms with Crippen LogP contribution >= 0.6 is 0 Å². The molecule has 0 radical (unpaired) electrons. The Morgan fingerprint density at radius 1 is 1.35 bits per heavy atom. The van der Waals surface area contributed by atoms with E-state index in [1.165, 1.54) is 6.07 Å². The summed E-state index contributed by atoms with van der Waals surface area (Å²) in [7, 11) is 0. The summed E-state index contributed by atoms with van der Waals surface area (Å²) < 4.78 is 0. The highest BCUT2D eigenvalue weighted by molar-refractivity contribution is 5.97. The maximum atomic E-state index is 11.8. The predicted octanol–water partition coefficient (Wildman–Crippen LogP) is 2.43. The quantitative estimate of drug-likeness (QED) is 0.842. The van der Waals surface area contributed by atoms with Gasteiger partial charge < -0.3 is 10.4 Å². The molecule has 0 saturated heterocycles. The molecule has 0 bridgehead atoms. The maximum absolute atomic E-state index is 11.8. The van der Waals surface area contributed by atoms with Crippen molar-refractivity contribution in [3.8, 4) is 0 Å². The van der Waals surface area contributed by atoms with Crippen molar-refractivity contribution in [2.75, 3.05) is 5.32 Å². The summed E-state index contributed by atoms with van der Waals surface area (Å²) in [6.45, 7) is 1.71. The van der Waals surface area contributed by atoms with Crippen LogP contribution in [-0.2, 0) is 4.79 Å². The standard InChI is InChI=1S/C13H15NO3/c1-8-10(13(16)17)6-3-7-11(8)14-12(15)9-4-2-5-9/h3,6-7,9H,2,4-5H2,1H3,(H,14,15)(H,16,17).